The van der Waals surface area contributed by atoms with Crippen LogP contribution in [-0.4, -0.2) is 21.6 Å². The maximum atomic E-state index is 11.8. The number of hydrogen-bond acceptors (Lipinski definition) is 4. The molecule has 5 heteroatoms. The fourth-order valence-corrected chi connectivity index (χ4v) is 3.32. The van der Waals surface area contributed by atoms with E-state index in [0.717, 1.165) is 18.4 Å². The summed E-state index contributed by atoms with van der Waals surface area (Å²) < 4.78 is 0. The zero-order valence-electron chi connectivity index (χ0n) is 11.8. The van der Waals surface area contributed by atoms with Crippen molar-refractivity contribution >= 4 is 11.5 Å². The minimum absolute atomic E-state index is 0.00593. The molecule has 1 fully saturated rings. The molecular weight excluding hydrogens is 268 g/mol. The average molecular weight is 286 g/mol. The lowest BCUT2D eigenvalue weighted by molar-refractivity contribution is -0.384. The molecule has 1 aliphatic heterocycles. The van der Waals surface area contributed by atoms with E-state index in [4.69, 9.17) is 0 Å². The van der Waals surface area contributed by atoms with Crippen LogP contribution in [0, 0.1) is 10.1 Å². The minimum atomic E-state index is -0.398. The molecule has 0 bridgehead atoms. The molecule has 1 heterocycles. The van der Waals surface area contributed by atoms with Crippen molar-refractivity contribution in [2.75, 3.05) is 0 Å². The predicted octanol–water partition coefficient (Wildman–Crippen LogP) is 3.37. The average Bonchev–Trinajstić information content (AvgIpc) is 3.01. The van der Waals surface area contributed by atoms with Gasteiger partial charge in [-0.15, -0.1) is 0 Å². The summed E-state index contributed by atoms with van der Waals surface area (Å²) in [4.78, 5) is 24.4. The number of rotatable bonds is 3. The maximum Gasteiger partial charge on any atom is 0.269 e. The molecule has 0 spiro atoms. The van der Waals surface area contributed by atoms with Crippen LogP contribution in [0.4, 0.5) is 5.69 Å². The summed E-state index contributed by atoms with van der Waals surface area (Å²) >= 11 is 0. The van der Waals surface area contributed by atoms with E-state index in [1.807, 2.05) is 6.20 Å². The lowest BCUT2D eigenvalue weighted by atomic mass is 9.95. The van der Waals surface area contributed by atoms with Gasteiger partial charge in [-0.25, -0.2) is 0 Å². The van der Waals surface area contributed by atoms with Gasteiger partial charge in [0.05, 0.1) is 11.0 Å². The van der Waals surface area contributed by atoms with E-state index in [1.165, 1.54) is 25.0 Å². The first-order valence-electron chi connectivity index (χ1n) is 7.38. The van der Waals surface area contributed by atoms with Crippen LogP contribution in [0.25, 0.3) is 0 Å². The highest BCUT2D eigenvalue weighted by atomic mass is 16.6. The zero-order chi connectivity index (χ0) is 14.8. The van der Waals surface area contributed by atoms with Crippen molar-refractivity contribution in [1.29, 1.82) is 0 Å². The first kappa shape index (κ1) is 13.8. The molecule has 3 rings (SSSR count). The molecule has 1 aliphatic carbocycles. The first-order chi connectivity index (χ1) is 10.1. The van der Waals surface area contributed by atoms with Gasteiger partial charge in [-0.1, -0.05) is 25.0 Å². The van der Waals surface area contributed by atoms with E-state index in [1.54, 1.807) is 18.2 Å². The molecule has 21 heavy (non-hydrogen) atoms. The van der Waals surface area contributed by atoms with Gasteiger partial charge in [0.2, 0.25) is 0 Å². The van der Waals surface area contributed by atoms with Crippen molar-refractivity contribution in [1.82, 2.24) is 4.90 Å². The second-order valence-corrected chi connectivity index (χ2v) is 5.74. The Morgan fingerprint density at radius 3 is 2.43 bits per heavy atom. The fraction of sp³-hybridized carbons (Fsp3) is 0.438. The normalized spacial score (nSPS) is 22.8. The monoisotopic (exact) mass is 286 g/mol. The van der Waals surface area contributed by atoms with Crippen LogP contribution in [0.1, 0.15) is 43.7 Å². The number of nitrogens with zero attached hydrogens (tertiary/aromatic N) is 2. The van der Waals surface area contributed by atoms with E-state index >= 15 is 0 Å². The Morgan fingerprint density at radius 2 is 1.81 bits per heavy atom. The Kier molecular flexibility index (Phi) is 3.73. The summed E-state index contributed by atoms with van der Waals surface area (Å²) in [6.45, 7) is 0. The van der Waals surface area contributed by atoms with Crippen molar-refractivity contribution in [3.63, 3.8) is 0 Å². The largest absolute Gasteiger partial charge is 0.367 e. The van der Waals surface area contributed by atoms with Gasteiger partial charge >= 0.3 is 0 Å². The smallest absolute Gasteiger partial charge is 0.269 e. The highest BCUT2D eigenvalue weighted by Crippen LogP contribution is 2.36. The summed E-state index contributed by atoms with van der Waals surface area (Å²) in [5.74, 6) is 0.118. The van der Waals surface area contributed by atoms with E-state index in [9.17, 15) is 14.9 Å². The van der Waals surface area contributed by atoms with Gasteiger partial charge in [-0.3, -0.25) is 14.9 Å². The Hall–Kier alpha value is -2.17. The number of benzene rings is 1. The second-order valence-electron chi connectivity index (χ2n) is 5.74. The highest BCUT2D eigenvalue weighted by Gasteiger charge is 2.31. The van der Waals surface area contributed by atoms with Crippen molar-refractivity contribution in [3.8, 4) is 0 Å². The number of hydrogen-bond donors (Lipinski definition) is 0. The quantitative estimate of drug-likeness (QED) is 0.631. The molecule has 1 atom stereocenters. The van der Waals surface area contributed by atoms with Crippen molar-refractivity contribution < 1.29 is 9.72 Å². The molecule has 0 aromatic heterocycles. The van der Waals surface area contributed by atoms with Crippen LogP contribution in [0.15, 0.2) is 36.5 Å². The van der Waals surface area contributed by atoms with Crippen LogP contribution in [0.2, 0.25) is 0 Å². The Bertz CT molecular complexity index is 574. The molecule has 0 radical (unpaired) electrons. The minimum Gasteiger partial charge on any atom is -0.367 e. The number of allylic oxidation sites excluding steroid dienone is 1. The van der Waals surface area contributed by atoms with Gasteiger partial charge in [0.25, 0.3) is 5.69 Å². The third-order valence-corrected chi connectivity index (χ3v) is 4.42. The van der Waals surface area contributed by atoms with Crippen molar-refractivity contribution in [2.24, 2.45) is 0 Å². The van der Waals surface area contributed by atoms with Gasteiger partial charge in [0.1, 0.15) is 0 Å². The molecule has 1 saturated carbocycles. The van der Waals surface area contributed by atoms with Crippen molar-refractivity contribution in [2.45, 2.75) is 44.2 Å². The summed E-state index contributed by atoms with van der Waals surface area (Å²) in [6, 6.07) is 7.07. The van der Waals surface area contributed by atoms with Crippen LogP contribution < -0.4 is 0 Å². The second kappa shape index (κ2) is 5.68. The molecule has 5 nitrogen and oxygen atoms in total. The number of ketones is 1. The van der Waals surface area contributed by atoms with Gasteiger partial charge in [-0.05, 0) is 24.5 Å². The molecule has 1 unspecified atom stereocenters. The van der Waals surface area contributed by atoms with Crippen LogP contribution in [0.5, 0.6) is 0 Å². The van der Waals surface area contributed by atoms with Gasteiger partial charge in [0.15, 0.2) is 5.78 Å². The standard InChI is InChI=1S/C16H18N2O3/c19-15-9-10-17(13-3-1-2-4-13)16(11-15)12-5-7-14(8-6-12)18(20)21/h5-10,13,16H,1-4,11H2. The topological polar surface area (TPSA) is 63.5 Å². The van der Waals surface area contributed by atoms with E-state index in [-0.39, 0.29) is 17.5 Å². The summed E-state index contributed by atoms with van der Waals surface area (Å²) in [7, 11) is 0. The Labute approximate surface area is 123 Å². The van der Waals surface area contributed by atoms with E-state index in [0.29, 0.717) is 12.5 Å². The molecule has 0 N–H and O–H groups in total. The summed E-state index contributed by atoms with van der Waals surface area (Å²) in [6.07, 6.45) is 8.79. The molecule has 1 aromatic rings. The third-order valence-electron chi connectivity index (χ3n) is 4.42. The lowest BCUT2D eigenvalue weighted by Gasteiger charge is -2.37. The van der Waals surface area contributed by atoms with Gasteiger partial charge < -0.3 is 4.90 Å². The van der Waals surface area contributed by atoms with Crippen LogP contribution >= 0.6 is 0 Å². The Morgan fingerprint density at radius 1 is 1.14 bits per heavy atom. The molecule has 2 aliphatic rings. The molecule has 1 aromatic carbocycles. The SMILES string of the molecule is O=C1C=CN(C2CCCC2)C(c2ccc([N+](=O)[O-])cc2)C1. The first-order valence-corrected chi connectivity index (χ1v) is 7.38. The molecule has 110 valence electrons. The van der Waals surface area contributed by atoms with E-state index in [2.05, 4.69) is 4.90 Å². The lowest BCUT2D eigenvalue weighted by Crippen LogP contribution is -2.36. The Balaban J connectivity index is 1.87. The number of nitro benzene ring substituents is 1. The third kappa shape index (κ3) is 2.82. The number of non-ortho nitro benzene ring substituents is 1. The number of carbonyl (C=O) groups is 1. The zero-order valence-corrected chi connectivity index (χ0v) is 11.8. The predicted molar refractivity (Wildman–Crippen MR) is 78.7 cm³/mol. The van der Waals surface area contributed by atoms with Crippen LogP contribution in [-0.2, 0) is 4.79 Å². The van der Waals surface area contributed by atoms with Crippen LogP contribution in [0.3, 0.4) is 0 Å². The number of carbonyl (C=O) groups excluding carboxylic acids is 1. The highest BCUT2D eigenvalue weighted by molar-refractivity contribution is 5.91. The molecule has 0 amide bonds. The summed E-state index contributed by atoms with van der Waals surface area (Å²) in [5.41, 5.74) is 1.06. The van der Waals surface area contributed by atoms with Gasteiger partial charge in [-0.2, -0.15) is 0 Å². The maximum absolute atomic E-state index is 11.8. The summed E-state index contributed by atoms with van der Waals surface area (Å²) in [5, 5.41) is 10.7. The molecular formula is C16H18N2O3. The number of nitro groups is 1. The molecule has 0 saturated heterocycles. The van der Waals surface area contributed by atoms with Crippen molar-refractivity contribution in [3.05, 3.63) is 52.2 Å². The van der Waals surface area contributed by atoms with E-state index < -0.39 is 4.92 Å². The fourth-order valence-electron chi connectivity index (χ4n) is 3.32. The van der Waals surface area contributed by atoms with Gasteiger partial charge in [0, 0.05) is 30.8 Å².